The SMILES string of the molecule is CC(Cc1ccccc1)NCC(O)c1ccco1. The Morgan fingerprint density at radius 2 is 1.94 bits per heavy atom. The van der Waals surface area contributed by atoms with Crippen LogP contribution in [0, 0.1) is 0 Å². The van der Waals surface area contributed by atoms with E-state index in [9.17, 15) is 5.11 Å². The molecule has 0 fully saturated rings. The zero-order chi connectivity index (χ0) is 12.8. The fourth-order valence-corrected chi connectivity index (χ4v) is 1.93. The van der Waals surface area contributed by atoms with Gasteiger partial charge in [0.15, 0.2) is 0 Å². The van der Waals surface area contributed by atoms with Crippen molar-refractivity contribution in [1.29, 1.82) is 0 Å². The Morgan fingerprint density at radius 3 is 2.61 bits per heavy atom. The van der Waals surface area contributed by atoms with E-state index < -0.39 is 6.10 Å². The van der Waals surface area contributed by atoms with Gasteiger partial charge in [-0.15, -0.1) is 0 Å². The normalized spacial score (nSPS) is 14.3. The van der Waals surface area contributed by atoms with Gasteiger partial charge < -0.3 is 14.8 Å². The highest BCUT2D eigenvalue weighted by Crippen LogP contribution is 2.12. The van der Waals surface area contributed by atoms with Crippen LogP contribution in [0.4, 0.5) is 0 Å². The molecule has 0 saturated heterocycles. The summed E-state index contributed by atoms with van der Waals surface area (Å²) in [6.07, 6.45) is 1.94. The molecule has 2 unspecified atom stereocenters. The average Bonchev–Trinajstić information content (AvgIpc) is 2.91. The summed E-state index contributed by atoms with van der Waals surface area (Å²) in [5.74, 6) is 0.606. The Bertz CT molecular complexity index is 439. The van der Waals surface area contributed by atoms with Crippen LogP contribution in [0.1, 0.15) is 24.4 Å². The molecule has 3 heteroatoms. The van der Waals surface area contributed by atoms with Gasteiger partial charge in [0.05, 0.1) is 6.26 Å². The molecule has 2 rings (SSSR count). The van der Waals surface area contributed by atoms with Gasteiger partial charge in [0.1, 0.15) is 11.9 Å². The summed E-state index contributed by atoms with van der Waals surface area (Å²) >= 11 is 0. The van der Waals surface area contributed by atoms with Crippen molar-refractivity contribution in [3.8, 4) is 0 Å². The first kappa shape index (κ1) is 12.9. The van der Waals surface area contributed by atoms with Crippen LogP contribution in [-0.4, -0.2) is 17.7 Å². The molecular weight excluding hydrogens is 226 g/mol. The van der Waals surface area contributed by atoms with Gasteiger partial charge >= 0.3 is 0 Å². The summed E-state index contributed by atoms with van der Waals surface area (Å²) in [5.41, 5.74) is 1.30. The highest BCUT2D eigenvalue weighted by molar-refractivity contribution is 5.15. The van der Waals surface area contributed by atoms with Crippen molar-refractivity contribution in [2.75, 3.05) is 6.54 Å². The second-order valence-electron chi connectivity index (χ2n) is 4.53. The van der Waals surface area contributed by atoms with Gasteiger partial charge in [0.2, 0.25) is 0 Å². The average molecular weight is 245 g/mol. The van der Waals surface area contributed by atoms with Crippen molar-refractivity contribution in [1.82, 2.24) is 5.32 Å². The molecule has 0 radical (unpaired) electrons. The largest absolute Gasteiger partial charge is 0.467 e. The smallest absolute Gasteiger partial charge is 0.133 e. The van der Waals surface area contributed by atoms with Crippen LogP contribution in [-0.2, 0) is 6.42 Å². The van der Waals surface area contributed by atoms with E-state index in [2.05, 4.69) is 24.4 Å². The van der Waals surface area contributed by atoms with E-state index in [0.29, 0.717) is 18.3 Å². The zero-order valence-corrected chi connectivity index (χ0v) is 10.5. The lowest BCUT2D eigenvalue weighted by Crippen LogP contribution is -2.31. The van der Waals surface area contributed by atoms with Crippen LogP contribution in [0.3, 0.4) is 0 Å². The molecule has 18 heavy (non-hydrogen) atoms. The summed E-state index contributed by atoms with van der Waals surface area (Å²) in [4.78, 5) is 0. The minimum absolute atomic E-state index is 0.317. The summed E-state index contributed by atoms with van der Waals surface area (Å²) in [6.45, 7) is 2.61. The standard InChI is InChI=1S/C15H19NO2/c1-12(10-13-6-3-2-4-7-13)16-11-14(17)15-8-5-9-18-15/h2-9,12,14,16-17H,10-11H2,1H3. The molecule has 3 nitrogen and oxygen atoms in total. The van der Waals surface area contributed by atoms with Gasteiger partial charge in [0, 0.05) is 12.6 Å². The van der Waals surface area contributed by atoms with Crippen molar-refractivity contribution in [2.45, 2.75) is 25.5 Å². The maximum absolute atomic E-state index is 9.87. The first-order valence-corrected chi connectivity index (χ1v) is 6.24. The molecular formula is C15H19NO2. The second-order valence-corrected chi connectivity index (χ2v) is 4.53. The van der Waals surface area contributed by atoms with Gasteiger partial charge in [-0.25, -0.2) is 0 Å². The zero-order valence-electron chi connectivity index (χ0n) is 10.5. The molecule has 0 amide bonds. The number of hydrogen-bond acceptors (Lipinski definition) is 3. The number of benzene rings is 1. The number of hydrogen-bond donors (Lipinski definition) is 2. The lowest BCUT2D eigenvalue weighted by molar-refractivity contribution is 0.144. The number of aliphatic hydroxyl groups is 1. The van der Waals surface area contributed by atoms with Gasteiger partial charge in [-0.2, -0.15) is 0 Å². The molecule has 0 bridgehead atoms. The fraction of sp³-hybridized carbons (Fsp3) is 0.333. The molecule has 2 aromatic rings. The maximum atomic E-state index is 9.87. The highest BCUT2D eigenvalue weighted by Gasteiger charge is 2.11. The number of aliphatic hydroxyl groups excluding tert-OH is 1. The minimum atomic E-state index is -0.585. The summed E-state index contributed by atoms with van der Waals surface area (Å²) in [7, 11) is 0. The van der Waals surface area contributed by atoms with E-state index in [1.54, 1.807) is 18.4 Å². The second kappa shape index (κ2) is 6.38. The predicted octanol–water partition coefficient (Wildman–Crippen LogP) is 2.53. The predicted molar refractivity (Wildman–Crippen MR) is 71.3 cm³/mol. The number of nitrogens with one attached hydrogen (secondary N) is 1. The third-order valence-corrected chi connectivity index (χ3v) is 2.92. The van der Waals surface area contributed by atoms with Gasteiger partial charge in [-0.3, -0.25) is 0 Å². The summed E-state index contributed by atoms with van der Waals surface area (Å²) in [6, 6.07) is 14.2. The van der Waals surface area contributed by atoms with E-state index in [0.717, 1.165) is 6.42 Å². The molecule has 2 N–H and O–H groups in total. The molecule has 0 aliphatic rings. The van der Waals surface area contributed by atoms with E-state index in [1.165, 1.54) is 5.56 Å². The Morgan fingerprint density at radius 1 is 1.17 bits per heavy atom. The third kappa shape index (κ3) is 3.72. The maximum Gasteiger partial charge on any atom is 0.133 e. The molecule has 0 saturated carbocycles. The quantitative estimate of drug-likeness (QED) is 0.822. The van der Waals surface area contributed by atoms with Gasteiger partial charge in [0.25, 0.3) is 0 Å². The van der Waals surface area contributed by atoms with Crippen molar-refractivity contribution in [3.05, 3.63) is 60.1 Å². The summed E-state index contributed by atoms with van der Waals surface area (Å²) < 4.78 is 5.16. The van der Waals surface area contributed by atoms with Crippen molar-refractivity contribution in [3.63, 3.8) is 0 Å². The first-order valence-electron chi connectivity index (χ1n) is 6.24. The van der Waals surface area contributed by atoms with Crippen molar-refractivity contribution in [2.24, 2.45) is 0 Å². The molecule has 1 aromatic carbocycles. The van der Waals surface area contributed by atoms with Gasteiger partial charge in [-0.1, -0.05) is 30.3 Å². The monoisotopic (exact) mass is 245 g/mol. The van der Waals surface area contributed by atoms with Crippen LogP contribution < -0.4 is 5.32 Å². The third-order valence-electron chi connectivity index (χ3n) is 2.92. The van der Waals surface area contributed by atoms with Gasteiger partial charge in [-0.05, 0) is 31.0 Å². The van der Waals surface area contributed by atoms with Crippen LogP contribution >= 0.6 is 0 Å². The fourth-order valence-electron chi connectivity index (χ4n) is 1.93. The molecule has 0 spiro atoms. The van der Waals surface area contributed by atoms with E-state index >= 15 is 0 Å². The lowest BCUT2D eigenvalue weighted by atomic mass is 10.1. The van der Waals surface area contributed by atoms with E-state index in [-0.39, 0.29) is 0 Å². The molecule has 0 aliphatic carbocycles. The Balaban J connectivity index is 1.77. The Kier molecular flexibility index (Phi) is 4.56. The molecule has 2 atom stereocenters. The molecule has 96 valence electrons. The minimum Gasteiger partial charge on any atom is -0.467 e. The Labute approximate surface area is 107 Å². The van der Waals surface area contributed by atoms with Crippen LogP contribution in [0.5, 0.6) is 0 Å². The molecule has 1 aromatic heterocycles. The van der Waals surface area contributed by atoms with Crippen LogP contribution in [0.25, 0.3) is 0 Å². The van der Waals surface area contributed by atoms with E-state index in [1.807, 2.05) is 18.2 Å². The highest BCUT2D eigenvalue weighted by atomic mass is 16.4. The molecule has 0 aliphatic heterocycles. The van der Waals surface area contributed by atoms with Crippen LogP contribution in [0.15, 0.2) is 53.1 Å². The number of rotatable bonds is 6. The topological polar surface area (TPSA) is 45.4 Å². The van der Waals surface area contributed by atoms with Crippen LogP contribution in [0.2, 0.25) is 0 Å². The lowest BCUT2D eigenvalue weighted by Gasteiger charge is -2.16. The Hall–Kier alpha value is -1.58. The summed E-state index contributed by atoms with van der Waals surface area (Å²) in [5, 5.41) is 13.2. The van der Waals surface area contributed by atoms with Crippen molar-refractivity contribution >= 4 is 0 Å². The molecule has 1 heterocycles. The van der Waals surface area contributed by atoms with E-state index in [4.69, 9.17) is 4.42 Å². The first-order chi connectivity index (χ1) is 8.75. The van der Waals surface area contributed by atoms with Crippen molar-refractivity contribution < 1.29 is 9.52 Å². The number of furan rings is 1.